The van der Waals surface area contributed by atoms with Crippen molar-refractivity contribution in [2.24, 2.45) is 0 Å². The summed E-state index contributed by atoms with van der Waals surface area (Å²) >= 11 is 0. The van der Waals surface area contributed by atoms with E-state index in [2.05, 4.69) is 19.2 Å². The molecule has 0 aromatic heterocycles. The summed E-state index contributed by atoms with van der Waals surface area (Å²) in [6.45, 7) is 5.16. The molecule has 0 bridgehead atoms. The number of aliphatic hydroxyl groups is 1. The molecular formula is C10H21NO. The Balaban J connectivity index is 2.07. The Morgan fingerprint density at radius 2 is 2.17 bits per heavy atom. The maximum atomic E-state index is 9.76. The average Bonchev–Trinajstić information content (AvgIpc) is 1.98. The molecular weight excluding hydrogens is 150 g/mol. The third-order valence-corrected chi connectivity index (χ3v) is 2.79. The molecule has 1 fully saturated rings. The first kappa shape index (κ1) is 10.0. The number of hydrogen-bond donors (Lipinski definition) is 2. The summed E-state index contributed by atoms with van der Waals surface area (Å²) in [6.07, 6.45) is 5.58. The maximum Gasteiger partial charge on any atom is 0.0771 e. The summed E-state index contributed by atoms with van der Waals surface area (Å²) in [4.78, 5) is 0. The molecule has 0 aromatic carbocycles. The minimum Gasteiger partial charge on any atom is -0.389 e. The van der Waals surface area contributed by atoms with Gasteiger partial charge in [0.05, 0.1) is 5.60 Å². The molecule has 12 heavy (non-hydrogen) atoms. The second-order valence-corrected chi connectivity index (χ2v) is 4.15. The van der Waals surface area contributed by atoms with Gasteiger partial charge >= 0.3 is 0 Å². The van der Waals surface area contributed by atoms with Gasteiger partial charge in [-0.25, -0.2) is 0 Å². The number of rotatable bonds is 5. The van der Waals surface area contributed by atoms with Crippen LogP contribution in [-0.4, -0.2) is 23.3 Å². The van der Waals surface area contributed by atoms with Crippen LogP contribution in [0.4, 0.5) is 0 Å². The predicted molar refractivity (Wildman–Crippen MR) is 51.2 cm³/mol. The fourth-order valence-corrected chi connectivity index (χ4v) is 1.66. The van der Waals surface area contributed by atoms with E-state index in [1.54, 1.807) is 0 Å². The summed E-state index contributed by atoms with van der Waals surface area (Å²) in [5.41, 5.74) is -0.359. The highest BCUT2D eigenvalue weighted by Gasteiger charge is 2.33. The highest BCUT2D eigenvalue weighted by molar-refractivity contribution is 4.89. The zero-order chi connectivity index (χ0) is 9.03. The van der Waals surface area contributed by atoms with E-state index in [0.29, 0.717) is 6.04 Å². The first-order chi connectivity index (χ1) is 5.66. The van der Waals surface area contributed by atoms with E-state index in [-0.39, 0.29) is 5.60 Å². The standard InChI is InChI=1S/C10H21NO/c1-3-5-9(2)11-8-10(12)6-4-7-10/h9,11-12H,3-8H2,1-2H3. The third-order valence-electron chi connectivity index (χ3n) is 2.79. The van der Waals surface area contributed by atoms with E-state index in [1.807, 2.05) is 0 Å². The highest BCUT2D eigenvalue weighted by Crippen LogP contribution is 2.30. The number of nitrogens with one attached hydrogen (secondary N) is 1. The van der Waals surface area contributed by atoms with Crippen LogP contribution < -0.4 is 5.32 Å². The van der Waals surface area contributed by atoms with Crippen LogP contribution in [0.2, 0.25) is 0 Å². The molecule has 0 amide bonds. The Hall–Kier alpha value is -0.0800. The number of hydrogen-bond acceptors (Lipinski definition) is 2. The molecule has 1 rings (SSSR count). The molecule has 0 radical (unpaired) electrons. The van der Waals surface area contributed by atoms with E-state index in [1.165, 1.54) is 19.3 Å². The molecule has 0 aliphatic heterocycles. The van der Waals surface area contributed by atoms with Crippen LogP contribution in [0.1, 0.15) is 46.0 Å². The smallest absolute Gasteiger partial charge is 0.0771 e. The van der Waals surface area contributed by atoms with Crippen LogP contribution in [-0.2, 0) is 0 Å². The van der Waals surface area contributed by atoms with Crippen molar-refractivity contribution in [3.05, 3.63) is 0 Å². The van der Waals surface area contributed by atoms with Crippen molar-refractivity contribution in [1.82, 2.24) is 5.32 Å². The van der Waals surface area contributed by atoms with E-state index in [9.17, 15) is 5.11 Å². The van der Waals surface area contributed by atoms with Crippen molar-refractivity contribution in [1.29, 1.82) is 0 Å². The minimum absolute atomic E-state index is 0.359. The van der Waals surface area contributed by atoms with Crippen LogP contribution >= 0.6 is 0 Å². The molecule has 1 unspecified atom stereocenters. The molecule has 1 aliphatic carbocycles. The lowest BCUT2D eigenvalue weighted by molar-refractivity contribution is -0.0330. The van der Waals surface area contributed by atoms with Gasteiger partial charge in [-0.1, -0.05) is 13.3 Å². The first-order valence-corrected chi connectivity index (χ1v) is 5.12. The second-order valence-electron chi connectivity index (χ2n) is 4.15. The van der Waals surface area contributed by atoms with Crippen LogP contribution in [0.3, 0.4) is 0 Å². The van der Waals surface area contributed by atoms with Gasteiger partial charge in [-0.2, -0.15) is 0 Å². The molecule has 2 heteroatoms. The van der Waals surface area contributed by atoms with Gasteiger partial charge in [0, 0.05) is 12.6 Å². The van der Waals surface area contributed by atoms with Crippen LogP contribution in [0.5, 0.6) is 0 Å². The summed E-state index contributed by atoms with van der Waals surface area (Å²) in [6, 6.07) is 0.555. The highest BCUT2D eigenvalue weighted by atomic mass is 16.3. The monoisotopic (exact) mass is 171 g/mol. The molecule has 1 aliphatic rings. The van der Waals surface area contributed by atoms with Gasteiger partial charge in [0.25, 0.3) is 0 Å². The molecule has 1 atom stereocenters. The topological polar surface area (TPSA) is 32.3 Å². The van der Waals surface area contributed by atoms with Crippen molar-refractivity contribution in [3.63, 3.8) is 0 Å². The van der Waals surface area contributed by atoms with E-state index < -0.39 is 0 Å². The Morgan fingerprint density at radius 3 is 2.58 bits per heavy atom. The summed E-state index contributed by atoms with van der Waals surface area (Å²) < 4.78 is 0. The van der Waals surface area contributed by atoms with Gasteiger partial charge in [-0.15, -0.1) is 0 Å². The molecule has 0 aromatic rings. The Labute approximate surface area is 75.4 Å². The molecule has 0 saturated heterocycles. The molecule has 72 valence electrons. The average molecular weight is 171 g/mol. The first-order valence-electron chi connectivity index (χ1n) is 5.12. The fraction of sp³-hybridized carbons (Fsp3) is 1.00. The van der Waals surface area contributed by atoms with E-state index >= 15 is 0 Å². The molecule has 2 nitrogen and oxygen atoms in total. The molecule has 0 heterocycles. The third kappa shape index (κ3) is 2.76. The Bertz CT molecular complexity index is 132. The summed E-state index contributed by atoms with van der Waals surface area (Å²) in [5.74, 6) is 0. The molecule has 2 N–H and O–H groups in total. The second kappa shape index (κ2) is 4.24. The maximum absolute atomic E-state index is 9.76. The van der Waals surface area contributed by atoms with Crippen LogP contribution in [0.25, 0.3) is 0 Å². The SMILES string of the molecule is CCCC(C)NCC1(O)CCC1. The van der Waals surface area contributed by atoms with Gasteiger partial charge in [-0.05, 0) is 32.6 Å². The lowest BCUT2D eigenvalue weighted by atomic mass is 9.80. The normalized spacial score (nSPS) is 23.2. The van der Waals surface area contributed by atoms with Crippen molar-refractivity contribution in [2.45, 2.75) is 57.6 Å². The quantitative estimate of drug-likeness (QED) is 0.659. The van der Waals surface area contributed by atoms with Gasteiger partial charge < -0.3 is 10.4 Å². The van der Waals surface area contributed by atoms with Crippen molar-refractivity contribution < 1.29 is 5.11 Å². The van der Waals surface area contributed by atoms with Gasteiger partial charge in [0.1, 0.15) is 0 Å². The van der Waals surface area contributed by atoms with Gasteiger partial charge in [0.15, 0.2) is 0 Å². The largest absolute Gasteiger partial charge is 0.389 e. The fourth-order valence-electron chi connectivity index (χ4n) is 1.66. The zero-order valence-electron chi connectivity index (χ0n) is 8.27. The molecule has 0 spiro atoms. The summed E-state index contributed by atoms with van der Waals surface area (Å²) in [7, 11) is 0. The van der Waals surface area contributed by atoms with Crippen molar-refractivity contribution in [2.75, 3.05) is 6.54 Å². The minimum atomic E-state index is -0.359. The van der Waals surface area contributed by atoms with E-state index in [4.69, 9.17) is 0 Å². The van der Waals surface area contributed by atoms with E-state index in [0.717, 1.165) is 19.4 Å². The lowest BCUT2D eigenvalue weighted by Gasteiger charge is -2.37. The Morgan fingerprint density at radius 1 is 1.50 bits per heavy atom. The van der Waals surface area contributed by atoms with Gasteiger partial charge in [0.2, 0.25) is 0 Å². The van der Waals surface area contributed by atoms with Gasteiger partial charge in [-0.3, -0.25) is 0 Å². The lowest BCUT2D eigenvalue weighted by Crippen LogP contribution is -2.48. The zero-order valence-corrected chi connectivity index (χ0v) is 8.27. The Kier molecular flexibility index (Phi) is 3.53. The molecule has 1 saturated carbocycles. The van der Waals surface area contributed by atoms with Crippen LogP contribution in [0, 0.1) is 0 Å². The predicted octanol–water partition coefficient (Wildman–Crippen LogP) is 1.68. The summed E-state index contributed by atoms with van der Waals surface area (Å²) in [5, 5.41) is 13.1. The van der Waals surface area contributed by atoms with Crippen molar-refractivity contribution >= 4 is 0 Å². The van der Waals surface area contributed by atoms with Crippen LogP contribution in [0.15, 0.2) is 0 Å². The van der Waals surface area contributed by atoms with Crippen molar-refractivity contribution in [3.8, 4) is 0 Å².